The van der Waals surface area contributed by atoms with Gasteiger partial charge in [0.05, 0.1) is 18.2 Å². The molecule has 15 heteroatoms. The Hall–Kier alpha value is -4.55. The highest BCUT2D eigenvalue weighted by Crippen LogP contribution is 2.57. The van der Waals surface area contributed by atoms with Gasteiger partial charge in [-0.15, -0.1) is 0 Å². The third-order valence-electron chi connectivity index (χ3n) is 10.6. The second kappa shape index (κ2) is 13.0. The molecule has 6 rings (SSSR count). The molecule has 0 aromatic heterocycles. The largest absolute Gasteiger partial charge is 0.507 e. The fourth-order valence-corrected chi connectivity index (χ4v) is 8.08. The number of likely N-dealkylation sites (N-methyl/N-ethyl adjacent to an activating group) is 1. The average molecular weight is 700 g/mol. The highest BCUT2D eigenvalue weighted by Gasteiger charge is 2.57. The average Bonchev–Trinajstić information content (AvgIpc) is 3.54. The Kier molecular flexibility index (Phi) is 9.15. The molecule has 12 nitrogen and oxygen atoms in total. The lowest BCUT2D eigenvalue weighted by Crippen LogP contribution is -2.69. The molecule has 50 heavy (non-hydrogen) atoms. The van der Waals surface area contributed by atoms with E-state index in [4.69, 9.17) is 14.2 Å². The number of aromatic hydroxyl groups is 1. The van der Waals surface area contributed by atoms with Crippen molar-refractivity contribution in [2.75, 3.05) is 20.4 Å². The zero-order valence-corrected chi connectivity index (χ0v) is 28.7. The van der Waals surface area contributed by atoms with Crippen molar-refractivity contribution < 1.29 is 46.9 Å². The van der Waals surface area contributed by atoms with Gasteiger partial charge in [-0.1, -0.05) is 13.0 Å². The van der Waals surface area contributed by atoms with E-state index in [1.54, 1.807) is 12.2 Å². The molecule has 4 aliphatic heterocycles. The Labute approximate surface area is 287 Å². The minimum Gasteiger partial charge on any atom is -0.507 e. The number of phenols is 1. The summed E-state index contributed by atoms with van der Waals surface area (Å²) in [6, 6.07) is 0.181. The SMILES string of the molecule is CCCC(=O)Oc1c(C)c(C)cc2c1[C@@H]1C3Cc4c(O)c(C)c5c(c4[C@H](CNC(=O)[C@H](C)NC(=O)C(F)(F)F)N3[C@@H](C#N)[C@@H](C2)N1C)OCO5. The summed E-state index contributed by atoms with van der Waals surface area (Å²) >= 11 is 0. The summed E-state index contributed by atoms with van der Waals surface area (Å²) in [5.41, 5.74) is 5.01. The molecule has 2 amide bonds. The maximum Gasteiger partial charge on any atom is 0.471 e. The minimum absolute atomic E-state index is 0.0324. The van der Waals surface area contributed by atoms with Crippen molar-refractivity contribution in [3.8, 4) is 29.1 Å². The molecular formula is C35H40F3N5O7. The van der Waals surface area contributed by atoms with Crippen LogP contribution in [0.3, 0.4) is 0 Å². The first-order valence-electron chi connectivity index (χ1n) is 16.6. The van der Waals surface area contributed by atoms with Crippen LogP contribution in [0.1, 0.15) is 77.7 Å². The number of carbonyl (C=O) groups excluding carboxylic acids is 3. The fraction of sp³-hybridized carbons (Fsp3) is 0.543. The molecule has 4 heterocycles. The van der Waals surface area contributed by atoms with Gasteiger partial charge in [0.2, 0.25) is 12.7 Å². The number of rotatable bonds is 7. The quantitative estimate of drug-likeness (QED) is 0.288. The van der Waals surface area contributed by atoms with Crippen LogP contribution in [0, 0.1) is 32.1 Å². The van der Waals surface area contributed by atoms with E-state index in [9.17, 15) is 37.9 Å². The van der Waals surface area contributed by atoms with Crippen LogP contribution in [0.4, 0.5) is 13.2 Å². The van der Waals surface area contributed by atoms with Crippen molar-refractivity contribution in [1.82, 2.24) is 20.4 Å². The van der Waals surface area contributed by atoms with Gasteiger partial charge in [-0.25, -0.2) is 0 Å². The third-order valence-corrected chi connectivity index (χ3v) is 10.6. The smallest absolute Gasteiger partial charge is 0.471 e. The van der Waals surface area contributed by atoms with Crippen molar-refractivity contribution in [1.29, 1.82) is 5.26 Å². The normalized spacial score (nSPS) is 24.3. The number of ether oxygens (including phenoxy) is 3. The van der Waals surface area contributed by atoms with Crippen LogP contribution in [0.2, 0.25) is 0 Å². The summed E-state index contributed by atoms with van der Waals surface area (Å²) in [5.74, 6) is -2.36. The van der Waals surface area contributed by atoms with E-state index in [1.165, 1.54) is 0 Å². The van der Waals surface area contributed by atoms with E-state index in [0.717, 1.165) is 29.2 Å². The van der Waals surface area contributed by atoms with Crippen molar-refractivity contribution in [2.45, 2.75) is 103 Å². The second-order valence-corrected chi connectivity index (χ2v) is 13.5. The van der Waals surface area contributed by atoms with Gasteiger partial charge < -0.3 is 30.0 Å². The summed E-state index contributed by atoms with van der Waals surface area (Å²) < 4.78 is 56.6. The highest BCUT2D eigenvalue weighted by molar-refractivity contribution is 5.89. The molecule has 0 aliphatic carbocycles. The van der Waals surface area contributed by atoms with E-state index >= 15 is 0 Å². The number of alkyl halides is 3. The maximum atomic E-state index is 13.2. The number of aryl methyl sites for hydroxylation is 1. The lowest BCUT2D eigenvalue weighted by atomic mass is 9.71. The fourth-order valence-electron chi connectivity index (χ4n) is 8.08. The Bertz CT molecular complexity index is 1810. The van der Waals surface area contributed by atoms with Gasteiger partial charge in [0, 0.05) is 47.3 Å². The number of esters is 1. The lowest BCUT2D eigenvalue weighted by molar-refractivity contribution is -0.174. The van der Waals surface area contributed by atoms with Crippen LogP contribution >= 0.6 is 0 Å². The predicted molar refractivity (Wildman–Crippen MR) is 172 cm³/mol. The first-order valence-corrected chi connectivity index (χ1v) is 16.6. The number of piperazine rings is 1. The van der Waals surface area contributed by atoms with Gasteiger partial charge in [0.15, 0.2) is 11.5 Å². The molecule has 1 saturated heterocycles. The number of nitrogens with one attached hydrogen (secondary N) is 2. The first-order chi connectivity index (χ1) is 23.6. The number of hydrogen-bond donors (Lipinski definition) is 3. The lowest BCUT2D eigenvalue weighted by Gasteiger charge is -2.60. The molecule has 0 spiro atoms. The number of halogens is 3. The number of nitrogens with zero attached hydrogens (tertiary/aromatic N) is 3. The van der Waals surface area contributed by atoms with E-state index < -0.39 is 48.2 Å². The Balaban J connectivity index is 1.49. The molecular weight excluding hydrogens is 659 g/mol. The van der Waals surface area contributed by atoms with Crippen LogP contribution in [-0.4, -0.2) is 83.4 Å². The van der Waals surface area contributed by atoms with Crippen molar-refractivity contribution in [3.05, 3.63) is 45.0 Å². The first kappa shape index (κ1) is 35.3. The maximum absolute atomic E-state index is 13.2. The number of amides is 2. The van der Waals surface area contributed by atoms with Gasteiger partial charge in [-0.2, -0.15) is 18.4 Å². The number of fused-ring (bicyclic) bond motifs is 9. The molecule has 0 radical (unpaired) electrons. The van der Waals surface area contributed by atoms with Gasteiger partial charge in [0.1, 0.15) is 23.6 Å². The van der Waals surface area contributed by atoms with Crippen molar-refractivity contribution >= 4 is 17.8 Å². The summed E-state index contributed by atoms with van der Waals surface area (Å²) in [6.07, 6.45) is -3.64. The second-order valence-electron chi connectivity index (χ2n) is 13.5. The molecule has 3 N–H and O–H groups in total. The monoisotopic (exact) mass is 699 g/mol. The molecule has 268 valence electrons. The Morgan fingerprint density at radius 1 is 1.12 bits per heavy atom. The van der Waals surface area contributed by atoms with Crippen LogP contribution in [0.15, 0.2) is 6.07 Å². The number of carbonyl (C=O) groups is 3. The molecule has 2 bridgehead atoms. The zero-order chi connectivity index (χ0) is 36.4. The molecule has 0 saturated carbocycles. The predicted octanol–water partition coefficient (Wildman–Crippen LogP) is 3.71. The molecule has 6 atom stereocenters. The number of phenolic OH excluding ortho intramolecular Hbond substituents is 1. The van der Waals surface area contributed by atoms with E-state index in [0.29, 0.717) is 46.8 Å². The molecule has 4 aliphatic rings. The Morgan fingerprint density at radius 2 is 1.82 bits per heavy atom. The van der Waals surface area contributed by atoms with Crippen LogP contribution in [0.25, 0.3) is 0 Å². The Morgan fingerprint density at radius 3 is 2.48 bits per heavy atom. The van der Waals surface area contributed by atoms with Crippen molar-refractivity contribution in [2.24, 2.45) is 0 Å². The van der Waals surface area contributed by atoms with E-state index in [1.807, 2.05) is 32.7 Å². The minimum atomic E-state index is -5.17. The topological polar surface area (TPSA) is 153 Å². The standard InChI is InChI=1S/C35H40F3N5O7/c1-7-8-25(44)50-30-16(3)15(2)9-19-10-21-23(12-39)43-22(28(26(19)30)42(21)6)11-20-27(32-31(48-14-49-32)17(4)29(20)45)24(43)13-40-33(46)18(5)41-34(47)35(36,37)38/h9,18,21-24,28,45H,7-8,10-11,13-14H2,1-6H3,(H,40,46)(H,41,47)/t18-,21+,22?,23-,24-,28-/m0/s1. The number of nitriles is 1. The number of hydrogen-bond acceptors (Lipinski definition) is 10. The summed E-state index contributed by atoms with van der Waals surface area (Å²) in [5, 5.41) is 26.8. The van der Waals surface area contributed by atoms with E-state index in [2.05, 4.69) is 22.4 Å². The van der Waals surface area contributed by atoms with Crippen LogP contribution in [-0.2, 0) is 27.2 Å². The van der Waals surface area contributed by atoms with Gasteiger partial charge in [-0.05, 0) is 70.7 Å². The zero-order valence-electron chi connectivity index (χ0n) is 28.7. The highest BCUT2D eigenvalue weighted by atomic mass is 19.4. The molecule has 1 fully saturated rings. The molecule has 2 aromatic carbocycles. The molecule has 1 unspecified atom stereocenters. The van der Waals surface area contributed by atoms with Gasteiger partial charge >= 0.3 is 18.1 Å². The summed E-state index contributed by atoms with van der Waals surface area (Å²) in [4.78, 5) is 41.8. The van der Waals surface area contributed by atoms with Crippen molar-refractivity contribution in [3.63, 3.8) is 0 Å². The summed E-state index contributed by atoms with van der Waals surface area (Å²) in [6.45, 7) is 8.26. The van der Waals surface area contributed by atoms with Gasteiger partial charge in [0.25, 0.3) is 0 Å². The van der Waals surface area contributed by atoms with Crippen LogP contribution < -0.4 is 24.8 Å². The third kappa shape index (κ3) is 5.68. The summed E-state index contributed by atoms with van der Waals surface area (Å²) in [7, 11) is 1.93. The van der Waals surface area contributed by atoms with E-state index in [-0.39, 0.29) is 43.9 Å². The van der Waals surface area contributed by atoms with Gasteiger partial charge in [-0.3, -0.25) is 24.2 Å². The van der Waals surface area contributed by atoms with Crippen LogP contribution in [0.5, 0.6) is 23.0 Å². The number of benzene rings is 2. The molecule has 2 aromatic rings.